The monoisotopic (exact) mass is 363 g/mol. The lowest BCUT2D eigenvalue weighted by molar-refractivity contribution is -0.0133. The van der Waals surface area contributed by atoms with Crippen molar-refractivity contribution in [1.29, 1.82) is 0 Å². The summed E-state index contributed by atoms with van der Waals surface area (Å²) in [6, 6.07) is 8.45. The average molecular weight is 364 g/mol. The fourth-order valence-corrected chi connectivity index (χ4v) is 5.79. The molecule has 1 spiro atoms. The number of likely N-dealkylation sites (tertiary alicyclic amines) is 1. The van der Waals surface area contributed by atoms with Gasteiger partial charge in [0.2, 0.25) is 0 Å². The van der Waals surface area contributed by atoms with Gasteiger partial charge in [0, 0.05) is 50.0 Å². The highest BCUT2D eigenvalue weighted by Gasteiger charge is 2.49. The summed E-state index contributed by atoms with van der Waals surface area (Å²) in [4.78, 5) is 2.55. The van der Waals surface area contributed by atoms with Crippen molar-refractivity contribution in [3.05, 3.63) is 29.8 Å². The first-order valence-corrected chi connectivity index (χ1v) is 10.4. The maximum absolute atomic E-state index is 6.24. The number of hydrogen-bond acceptors (Lipinski definition) is 5. The van der Waals surface area contributed by atoms with E-state index in [4.69, 9.17) is 14.2 Å². The summed E-state index contributed by atoms with van der Waals surface area (Å²) in [5.41, 5.74) is 1.37. The van der Waals surface area contributed by atoms with Gasteiger partial charge < -0.3 is 14.2 Å². The van der Waals surface area contributed by atoms with Crippen molar-refractivity contribution in [3.8, 4) is 5.75 Å². The van der Waals surface area contributed by atoms with E-state index < -0.39 is 0 Å². The molecule has 3 aliphatic rings. The first kappa shape index (κ1) is 17.7. The molecule has 0 radical (unpaired) electrons. The second-order valence-electron chi connectivity index (χ2n) is 7.70. The van der Waals surface area contributed by atoms with Crippen molar-refractivity contribution in [2.45, 2.75) is 36.7 Å². The van der Waals surface area contributed by atoms with Gasteiger partial charge in [-0.3, -0.25) is 4.90 Å². The summed E-state index contributed by atoms with van der Waals surface area (Å²) >= 11 is 2.14. The normalized spacial score (nSPS) is 26.7. The summed E-state index contributed by atoms with van der Waals surface area (Å²) in [6.07, 6.45) is 4.01. The summed E-state index contributed by atoms with van der Waals surface area (Å²) in [6.45, 7) is 6.19. The average Bonchev–Trinajstić information content (AvgIpc) is 3.06. The van der Waals surface area contributed by atoms with Crippen LogP contribution in [-0.4, -0.2) is 61.5 Å². The smallest absolute Gasteiger partial charge is 0.118 e. The fourth-order valence-electron chi connectivity index (χ4n) is 4.18. The number of thioether (sulfide) groups is 1. The number of nitrogens with zero attached hydrogens (tertiary/aromatic N) is 1. The molecule has 3 saturated heterocycles. The fraction of sp³-hybridized carbons (Fsp3) is 0.700. The zero-order chi connectivity index (χ0) is 17.1. The van der Waals surface area contributed by atoms with E-state index in [0.29, 0.717) is 16.8 Å². The van der Waals surface area contributed by atoms with Crippen molar-refractivity contribution < 1.29 is 14.2 Å². The highest BCUT2D eigenvalue weighted by Crippen LogP contribution is 2.46. The van der Waals surface area contributed by atoms with Gasteiger partial charge >= 0.3 is 0 Å². The van der Waals surface area contributed by atoms with Crippen LogP contribution in [0.3, 0.4) is 0 Å². The second kappa shape index (κ2) is 7.87. The maximum atomic E-state index is 6.24. The van der Waals surface area contributed by atoms with Gasteiger partial charge in [0.05, 0.1) is 13.2 Å². The summed E-state index contributed by atoms with van der Waals surface area (Å²) < 4.78 is 17.4. The molecular weight excluding hydrogens is 334 g/mol. The minimum absolute atomic E-state index is 0.451. The van der Waals surface area contributed by atoms with E-state index >= 15 is 0 Å². The van der Waals surface area contributed by atoms with Gasteiger partial charge in [-0.25, -0.2) is 0 Å². The Morgan fingerprint density at radius 3 is 2.68 bits per heavy atom. The molecule has 25 heavy (non-hydrogen) atoms. The van der Waals surface area contributed by atoms with Crippen LogP contribution < -0.4 is 4.74 Å². The highest BCUT2D eigenvalue weighted by molar-refractivity contribution is 8.01. The maximum Gasteiger partial charge on any atom is 0.118 e. The van der Waals surface area contributed by atoms with Gasteiger partial charge in [0.25, 0.3) is 0 Å². The summed E-state index contributed by atoms with van der Waals surface area (Å²) in [7, 11) is 1.71. The van der Waals surface area contributed by atoms with E-state index in [-0.39, 0.29) is 0 Å². The Kier molecular flexibility index (Phi) is 5.56. The Bertz CT molecular complexity index is 553. The van der Waals surface area contributed by atoms with E-state index in [1.165, 1.54) is 43.7 Å². The predicted octanol–water partition coefficient (Wildman–Crippen LogP) is 3.20. The Balaban J connectivity index is 1.19. The van der Waals surface area contributed by atoms with Crippen molar-refractivity contribution >= 4 is 11.8 Å². The van der Waals surface area contributed by atoms with Crippen LogP contribution >= 0.6 is 11.8 Å². The summed E-state index contributed by atoms with van der Waals surface area (Å²) in [5, 5.41) is 0. The molecule has 3 fully saturated rings. The Morgan fingerprint density at radius 1 is 1.20 bits per heavy atom. The number of benzene rings is 1. The zero-order valence-electron chi connectivity index (χ0n) is 15.1. The molecule has 0 bridgehead atoms. The van der Waals surface area contributed by atoms with Crippen molar-refractivity contribution in [3.63, 3.8) is 0 Å². The number of ether oxygens (including phenoxy) is 3. The second-order valence-corrected chi connectivity index (χ2v) is 9.19. The topological polar surface area (TPSA) is 30.9 Å². The van der Waals surface area contributed by atoms with Crippen molar-refractivity contribution in [1.82, 2.24) is 4.90 Å². The zero-order valence-corrected chi connectivity index (χ0v) is 15.9. The third kappa shape index (κ3) is 4.33. The van der Waals surface area contributed by atoms with E-state index in [1.807, 2.05) is 0 Å². The molecule has 4 nitrogen and oxygen atoms in total. The third-order valence-electron chi connectivity index (χ3n) is 5.67. The first-order chi connectivity index (χ1) is 12.2. The van der Waals surface area contributed by atoms with Crippen LogP contribution in [0.2, 0.25) is 0 Å². The molecule has 138 valence electrons. The quantitative estimate of drug-likeness (QED) is 0.775. The van der Waals surface area contributed by atoms with E-state index in [2.05, 4.69) is 40.9 Å². The summed E-state index contributed by atoms with van der Waals surface area (Å²) in [5.74, 6) is 2.81. The predicted molar refractivity (Wildman–Crippen MR) is 101 cm³/mol. The molecule has 1 aromatic carbocycles. The van der Waals surface area contributed by atoms with E-state index in [0.717, 1.165) is 32.1 Å². The van der Waals surface area contributed by atoms with Crippen molar-refractivity contribution in [2.24, 2.45) is 5.92 Å². The van der Waals surface area contributed by atoms with Crippen LogP contribution in [0.4, 0.5) is 0 Å². The molecule has 0 unspecified atom stereocenters. The molecule has 0 amide bonds. The standard InChI is InChI=1S/C20H29NO3S/c1-22-18-4-2-16(3-5-18)11-21-14-20(15-21)10-19(13-25-20)24-12-17-6-8-23-9-7-17/h2-5,17,19H,6-15H2,1H3/t19-/m0/s1. The molecule has 0 saturated carbocycles. The van der Waals surface area contributed by atoms with Gasteiger partial charge in [-0.1, -0.05) is 12.1 Å². The molecule has 5 heteroatoms. The Labute approximate surface area is 155 Å². The molecule has 1 atom stereocenters. The molecule has 0 aromatic heterocycles. The number of hydrogen-bond donors (Lipinski definition) is 0. The van der Waals surface area contributed by atoms with Crippen molar-refractivity contribution in [2.75, 3.05) is 45.8 Å². The minimum atomic E-state index is 0.451. The SMILES string of the molecule is COc1ccc(CN2CC3(C[C@H](OCC4CCOCC4)CS3)C2)cc1. The number of methoxy groups -OCH3 is 1. The molecular formula is C20H29NO3S. The lowest BCUT2D eigenvalue weighted by Crippen LogP contribution is -2.58. The molecule has 3 heterocycles. The van der Waals surface area contributed by atoms with Crippen LogP contribution in [0.25, 0.3) is 0 Å². The number of rotatable bonds is 6. The largest absolute Gasteiger partial charge is 0.497 e. The minimum Gasteiger partial charge on any atom is -0.497 e. The van der Waals surface area contributed by atoms with Crippen LogP contribution in [0.5, 0.6) is 5.75 Å². The van der Waals surface area contributed by atoms with Gasteiger partial charge in [-0.15, -0.1) is 11.8 Å². The lowest BCUT2D eigenvalue weighted by Gasteiger charge is -2.47. The van der Waals surface area contributed by atoms with Gasteiger partial charge in [-0.05, 0) is 42.9 Å². The third-order valence-corrected chi connectivity index (χ3v) is 7.25. The molecule has 1 aromatic rings. The molecule has 0 aliphatic carbocycles. The molecule has 3 aliphatic heterocycles. The lowest BCUT2D eigenvalue weighted by atomic mass is 9.92. The Morgan fingerprint density at radius 2 is 1.96 bits per heavy atom. The van der Waals surface area contributed by atoms with Gasteiger partial charge in [0.1, 0.15) is 5.75 Å². The van der Waals surface area contributed by atoms with E-state index in [1.54, 1.807) is 7.11 Å². The van der Waals surface area contributed by atoms with Crippen LogP contribution in [0, 0.1) is 5.92 Å². The Hall–Kier alpha value is -0.750. The van der Waals surface area contributed by atoms with Gasteiger partial charge in [-0.2, -0.15) is 0 Å². The van der Waals surface area contributed by atoms with Crippen LogP contribution in [0.1, 0.15) is 24.8 Å². The van der Waals surface area contributed by atoms with Gasteiger partial charge in [0.15, 0.2) is 0 Å². The van der Waals surface area contributed by atoms with Crippen LogP contribution in [-0.2, 0) is 16.0 Å². The van der Waals surface area contributed by atoms with E-state index in [9.17, 15) is 0 Å². The first-order valence-electron chi connectivity index (χ1n) is 9.43. The molecule has 4 rings (SSSR count). The van der Waals surface area contributed by atoms with Crippen LogP contribution in [0.15, 0.2) is 24.3 Å². The molecule has 0 N–H and O–H groups in total. The highest BCUT2D eigenvalue weighted by atomic mass is 32.2.